The second-order valence-corrected chi connectivity index (χ2v) is 4.09. The fourth-order valence-electron chi connectivity index (χ4n) is 0.709. The van der Waals surface area contributed by atoms with E-state index in [1.165, 1.54) is 0 Å². The summed E-state index contributed by atoms with van der Waals surface area (Å²) in [5.41, 5.74) is 6.36. The van der Waals surface area contributed by atoms with Gasteiger partial charge in [-0.25, -0.2) is 0 Å². The highest BCUT2D eigenvalue weighted by Crippen LogP contribution is 2.05. The minimum absolute atomic E-state index is 0.307. The number of hydrogen-bond acceptors (Lipinski definition) is 3. The van der Waals surface area contributed by atoms with Crippen molar-refractivity contribution in [2.45, 2.75) is 32.7 Å². The van der Waals surface area contributed by atoms with Gasteiger partial charge in [-0.05, 0) is 32.4 Å². The first kappa shape index (κ1) is 11.0. The Morgan fingerprint density at radius 3 is 2.73 bits per heavy atom. The molecule has 0 fully saturated rings. The Morgan fingerprint density at radius 1 is 1.64 bits per heavy atom. The molecule has 0 rings (SSSR count). The van der Waals surface area contributed by atoms with Crippen LogP contribution in [0.3, 0.4) is 0 Å². The smallest absolute Gasteiger partial charge is 0.0101 e. The number of nitrogens with one attached hydrogen (secondary N) is 1. The van der Waals surface area contributed by atoms with E-state index in [9.17, 15) is 0 Å². The van der Waals surface area contributed by atoms with Crippen LogP contribution in [-0.4, -0.2) is 23.3 Å². The lowest BCUT2D eigenvalue weighted by molar-refractivity contribution is 0.845. The summed E-state index contributed by atoms with van der Waals surface area (Å²) in [5.74, 6) is 2.18. The zero-order valence-electron chi connectivity index (χ0n) is 7.39. The monoisotopic (exact) mass is 174 g/mol. The predicted octanol–water partition coefficient (Wildman–Crippen LogP) is 1.89. The van der Waals surface area contributed by atoms with Crippen molar-refractivity contribution in [2.24, 2.45) is 5.73 Å². The summed E-state index contributed by atoms with van der Waals surface area (Å²) in [6.07, 6.45) is 2.05. The average molecular weight is 174 g/mol. The largest absolute Gasteiger partial charge is 0.327 e. The van der Waals surface area contributed by atoms with Gasteiger partial charge in [0.05, 0.1) is 0 Å². The lowest BCUT2D eigenvalue weighted by Crippen LogP contribution is -2.17. The summed E-state index contributed by atoms with van der Waals surface area (Å²) in [7, 11) is 0. The van der Waals surface area contributed by atoms with Crippen LogP contribution >= 0.6 is 11.8 Å². The first-order valence-electron chi connectivity index (χ1n) is 4.00. The molecule has 0 aliphatic carbocycles. The Balaban J connectivity index is 2.97. The van der Waals surface area contributed by atoms with E-state index in [0.29, 0.717) is 6.04 Å². The SMILES string of the molecule is CC(=N)CCCSCC(C)N. The molecule has 2 nitrogen and oxygen atoms in total. The molecular weight excluding hydrogens is 156 g/mol. The molecule has 0 heterocycles. The van der Waals surface area contributed by atoms with Crippen LogP contribution in [0.4, 0.5) is 0 Å². The van der Waals surface area contributed by atoms with Crippen molar-refractivity contribution in [2.75, 3.05) is 11.5 Å². The fraction of sp³-hybridized carbons (Fsp3) is 0.875. The fourth-order valence-corrected chi connectivity index (χ4v) is 1.60. The second kappa shape index (κ2) is 6.68. The zero-order chi connectivity index (χ0) is 8.69. The normalized spacial score (nSPS) is 13.0. The van der Waals surface area contributed by atoms with Crippen molar-refractivity contribution in [1.82, 2.24) is 0 Å². The van der Waals surface area contributed by atoms with Crippen LogP contribution in [0.25, 0.3) is 0 Å². The number of hydrogen-bond donors (Lipinski definition) is 2. The van der Waals surface area contributed by atoms with E-state index in [4.69, 9.17) is 11.1 Å². The molecule has 0 spiro atoms. The van der Waals surface area contributed by atoms with Gasteiger partial charge in [0.15, 0.2) is 0 Å². The Morgan fingerprint density at radius 2 is 2.27 bits per heavy atom. The summed E-state index contributed by atoms with van der Waals surface area (Å²) in [6.45, 7) is 3.88. The second-order valence-electron chi connectivity index (χ2n) is 2.94. The van der Waals surface area contributed by atoms with Crippen LogP contribution < -0.4 is 5.73 Å². The molecule has 0 bridgehead atoms. The van der Waals surface area contributed by atoms with Gasteiger partial charge < -0.3 is 11.1 Å². The third-order valence-electron chi connectivity index (χ3n) is 1.22. The highest BCUT2D eigenvalue weighted by molar-refractivity contribution is 7.99. The van der Waals surface area contributed by atoms with Crippen LogP contribution in [0.1, 0.15) is 26.7 Å². The van der Waals surface area contributed by atoms with Gasteiger partial charge in [0.2, 0.25) is 0 Å². The maximum absolute atomic E-state index is 7.18. The topological polar surface area (TPSA) is 49.9 Å². The Labute approximate surface area is 73.4 Å². The molecule has 0 aromatic rings. The van der Waals surface area contributed by atoms with Crippen molar-refractivity contribution in [3.63, 3.8) is 0 Å². The first-order chi connectivity index (χ1) is 5.13. The van der Waals surface area contributed by atoms with Gasteiger partial charge in [0.1, 0.15) is 0 Å². The van der Waals surface area contributed by atoms with Crippen molar-refractivity contribution in [1.29, 1.82) is 5.41 Å². The molecule has 1 unspecified atom stereocenters. The maximum Gasteiger partial charge on any atom is 0.0101 e. The molecule has 0 aromatic heterocycles. The molecule has 3 N–H and O–H groups in total. The van der Waals surface area contributed by atoms with Gasteiger partial charge in [-0.3, -0.25) is 0 Å². The van der Waals surface area contributed by atoms with E-state index < -0.39 is 0 Å². The summed E-state index contributed by atoms with van der Waals surface area (Å²) in [4.78, 5) is 0. The molecule has 0 aromatic carbocycles. The van der Waals surface area contributed by atoms with Crippen molar-refractivity contribution in [3.8, 4) is 0 Å². The summed E-state index contributed by atoms with van der Waals surface area (Å²) in [5, 5.41) is 7.18. The molecule has 3 heteroatoms. The third kappa shape index (κ3) is 9.98. The van der Waals surface area contributed by atoms with E-state index in [1.54, 1.807) is 0 Å². The van der Waals surface area contributed by atoms with Crippen LogP contribution in [0.15, 0.2) is 0 Å². The molecular formula is C8H18N2S. The summed E-state index contributed by atoms with van der Waals surface area (Å²) in [6, 6.07) is 0.307. The quantitative estimate of drug-likeness (QED) is 0.477. The average Bonchev–Trinajstić information content (AvgIpc) is 1.85. The minimum Gasteiger partial charge on any atom is -0.327 e. The Kier molecular flexibility index (Phi) is 6.66. The minimum atomic E-state index is 0.307. The van der Waals surface area contributed by atoms with Gasteiger partial charge in [-0.2, -0.15) is 11.8 Å². The van der Waals surface area contributed by atoms with Gasteiger partial charge in [-0.1, -0.05) is 0 Å². The van der Waals surface area contributed by atoms with Crippen LogP contribution in [0.5, 0.6) is 0 Å². The van der Waals surface area contributed by atoms with E-state index in [2.05, 4.69) is 0 Å². The van der Waals surface area contributed by atoms with Gasteiger partial charge >= 0.3 is 0 Å². The highest BCUT2D eigenvalue weighted by Gasteiger charge is 1.94. The molecule has 0 aliphatic heterocycles. The summed E-state index contributed by atoms with van der Waals surface area (Å²) < 4.78 is 0. The number of nitrogens with two attached hydrogens (primary N) is 1. The lowest BCUT2D eigenvalue weighted by Gasteiger charge is -2.03. The molecule has 0 radical (unpaired) electrons. The molecule has 0 saturated carbocycles. The van der Waals surface area contributed by atoms with Crippen molar-refractivity contribution in [3.05, 3.63) is 0 Å². The zero-order valence-corrected chi connectivity index (χ0v) is 8.21. The van der Waals surface area contributed by atoms with E-state index in [0.717, 1.165) is 30.1 Å². The van der Waals surface area contributed by atoms with Crippen molar-refractivity contribution >= 4 is 17.5 Å². The summed E-state index contributed by atoms with van der Waals surface area (Å²) >= 11 is 1.88. The predicted molar refractivity (Wildman–Crippen MR) is 53.6 cm³/mol. The molecule has 0 saturated heterocycles. The lowest BCUT2D eigenvalue weighted by atomic mass is 10.2. The Bertz CT molecular complexity index is 113. The standard InChI is InChI=1S/C8H18N2S/c1-7(9)4-3-5-11-6-8(2)10/h8-9H,3-6,10H2,1-2H3. The molecule has 1 atom stereocenters. The van der Waals surface area contributed by atoms with Crippen LogP contribution in [0.2, 0.25) is 0 Å². The van der Waals surface area contributed by atoms with E-state index in [1.807, 2.05) is 25.6 Å². The molecule has 0 aliphatic rings. The molecule has 0 amide bonds. The number of rotatable bonds is 6. The van der Waals surface area contributed by atoms with Gasteiger partial charge in [0, 0.05) is 17.5 Å². The van der Waals surface area contributed by atoms with E-state index in [-0.39, 0.29) is 0 Å². The number of thioether (sulfide) groups is 1. The van der Waals surface area contributed by atoms with Crippen molar-refractivity contribution < 1.29 is 0 Å². The van der Waals surface area contributed by atoms with Crippen LogP contribution in [-0.2, 0) is 0 Å². The molecule has 66 valence electrons. The maximum atomic E-state index is 7.18. The van der Waals surface area contributed by atoms with Crippen LogP contribution in [0, 0.1) is 5.41 Å². The molecule has 11 heavy (non-hydrogen) atoms. The van der Waals surface area contributed by atoms with Gasteiger partial charge in [-0.15, -0.1) is 0 Å². The van der Waals surface area contributed by atoms with Gasteiger partial charge in [0.25, 0.3) is 0 Å². The van der Waals surface area contributed by atoms with E-state index >= 15 is 0 Å². The first-order valence-corrected chi connectivity index (χ1v) is 5.15. The Hall–Kier alpha value is -0.0200. The third-order valence-corrected chi connectivity index (χ3v) is 2.56. The highest BCUT2D eigenvalue weighted by atomic mass is 32.2.